The van der Waals surface area contributed by atoms with Gasteiger partial charge in [-0.25, -0.2) is 0 Å². The molecule has 0 bridgehead atoms. The van der Waals surface area contributed by atoms with Crippen molar-refractivity contribution >= 4 is 15.9 Å². The highest BCUT2D eigenvalue weighted by Gasteiger charge is 2.32. The summed E-state index contributed by atoms with van der Waals surface area (Å²) in [6.45, 7) is 2.29. The second-order valence-corrected chi connectivity index (χ2v) is 6.00. The van der Waals surface area contributed by atoms with Crippen molar-refractivity contribution in [1.29, 1.82) is 0 Å². The molecule has 1 aromatic rings. The lowest BCUT2D eigenvalue weighted by atomic mass is 9.92. The van der Waals surface area contributed by atoms with Crippen LogP contribution in [0, 0.1) is 11.8 Å². The van der Waals surface area contributed by atoms with E-state index in [0.29, 0.717) is 12.0 Å². The molecular formula is C14H21BrN2O. The van der Waals surface area contributed by atoms with Crippen LogP contribution in [0.25, 0.3) is 0 Å². The summed E-state index contributed by atoms with van der Waals surface area (Å²) in [5.41, 5.74) is 4.25. The van der Waals surface area contributed by atoms with Crippen molar-refractivity contribution in [2.24, 2.45) is 17.7 Å². The second-order valence-electron chi connectivity index (χ2n) is 5.14. The zero-order valence-corrected chi connectivity index (χ0v) is 12.5. The van der Waals surface area contributed by atoms with Crippen molar-refractivity contribution in [3.8, 4) is 5.75 Å². The molecule has 100 valence electrons. The lowest BCUT2D eigenvalue weighted by molar-refractivity contribution is 0.343. The number of methoxy groups -OCH3 is 1. The molecule has 2 rings (SSSR count). The third-order valence-electron chi connectivity index (χ3n) is 3.89. The lowest BCUT2D eigenvalue weighted by Crippen LogP contribution is -2.42. The largest absolute Gasteiger partial charge is 0.496 e. The average molecular weight is 313 g/mol. The zero-order valence-electron chi connectivity index (χ0n) is 10.9. The van der Waals surface area contributed by atoms with Gasteiger partial charge in [-0.15, -0.1) is 0 Å². The number of hydrazine groups is 1. The molecular weight excluding hydrogens is 292 g/mol. The molecule has 0 amide bonds. The van der Waals surface area contributed by atoms with Crippen LogP contribution in [0.4, 0.5) is 0 Å². The summed E-state index contributed by atoms with van der Waals surface area (Å²) in [6, 6.07) is 6.56. The zero-order chi connectivity index (χ0) is 13.1. The monoisotopic (exact) mass is 312 g/mol. The Morgan fingerprint density at radius 1 is 1.50 bits per heavy atom. The molecule has 0 aliphatic heterocycles. The van der Waals surface area contributed by atoms with Crippen molar-refractivity contribution in [3.63, 3.8) is 0 Å². The summed E-state index contributed by atoms with van der Waals surface area (Å²) in [7, 11) is 1.68. The number of rotatable bonds is 6. The first-order valence-corrected chi connectivity index (χ1v) is 7.23. The highest BCUT2D eigenvalue weighted by molar-refractivity contribution is 9.10. The Morgan fingerprint density at radius 2 is 2.22 bits per heavy atom. The predicted octanol–water partition coefficient (Wildman–Crippen LogP) is 2.88. The molecule has 1 saturated carbocycles. The predicted molar refractivity (Wildman–Crippen MR) is 77.4 cm³/mol. The third kappa shape index (κ3) is 3.25. The molecule has 18 heavy (non-hydrogen) atoms. The van der Waals surface area contributed by atoms with Crippen LogP contribution in [0.15, 0.2) is 22.7 Å². The van der Waals surface area contributed by atoms with Crippen molar-refractivity contribution in [3.05, 3.63) is 28.2 Å². The highest BCUT2D eigenvalue weighted by atomic mass is 79.9. The quantitative estimate of drug-likeness (QED) is 0.627. The molecule has 3 N–H and O–H groups in total. The molecule has 1 aliphatic carbocycles. The average Bonchev–Trinajstić information content (AvgIpc) is 3.19. The van der Waals surface area contributed by atoms with Gasteiger partial charge in [-0.2, -0.15) is 0 Å². The molecule has 0 spiro atoms. The smallest absolute Gasteiger partial charge is 0.133 e. The van der Waals surface area contributed by atoms with Crippen LogP contribution in [-0.4, -0.2) is 13.2 Å². The van der Waals surface area contributed by atoms with E-state index in [1.54, 1.807) is 7.11 Å². The first-order valence-electron chi connectivity index (χ1n) is 6.44. The maximum absolute atomic E-state index is 5.69. The normalized spacial score (nSPS) is 18.4. The number of ether oxygens (including phenoxy) is 1. The maximum Gasteiger partial charge on any atom is 0.133 e. The number of nitrogens with two attached hydrogens (primary N) is 1. The standard InChI is InChI=1S/C14H21BrN2O/c1-9(11-4-5-11)13(17-16)8-10-3-6-14(18-2)12(15)7-10/h3,6-7,9,11,13,17H,4-5,8,16H2,1-2H3. The lowest BCUT2D eigenvalue weighted by Gasteiger charge is -2.23. The van der Waals surface area contributed by atoms with Crippen LogP contribution < -0.4 is 16.0 Å². The van der Waals surface area contributed by atoms with E-state index in [0.717, 1.165) is 22.6 Å². The van der Waals surface area contributed by atoms with Crippen molar-refractivity contribution in [1.82, 2.24) is 5.43 Å². The van der Waals surface area contributed by atoms with Crippen molar-refractivity contribution < 1.29 is 4.74 Å². The van der Waals surface area contributed by atoms with Crippen molar-refractivity contribution in [2.45, 2.75) is 32.2 Å². The number of benzene rings is 1. The van der Waals surface area contributed by atoms with E-state index in [2.05, 4.69) is 40.4 Å². The summed E-state index contributed by atoms with van der Waals surface area (Å²) in [4.78, 5) is 0. The van der Waals surface area contributed by atoms with E-state index < -0.39 is 0 Å². The molecule has 0 saturated heterocycles. The molecule has 1 fully saturated rings. The topological polar surface area (TPSA) is 47.3 Å². The minimum Gasteiger partial charge on any atom is -0.496 e. The Hall–Kier alpha value is -0.580. The molecule has 2 atom stereocenters. The van der Waals surface area contributed by atoms with E-state index in [4.69, 9.17) is 10.6 Å². The molecule has 0 radical (unpaired) electrons. The first kappa shape index (κ1) is 13.8. The summed E-state index contributed by atoms with van der Waals surface area (Å²) >= 11 is 3.52. The van der Waals surface area contributed by atoms with Crippen LogP contribution in [0.3, 0.4) is 0 Å². The van der Waals surface area contributed by atoms with Crippen LogP contribution >= 0.6 is 15.9 Å². The Morgan fingerprint density at radius 3 is 2.72 bits per heavy atom. The summed E-state index contributed by atoms with van der Waals surface area (Å²) < 4.78 is 6.24. The second kappa shape index (κ2) is 6.04. The number of hydrogen-bond donors (Lipinski definition) is 2. The van der Waals surface area contributed by atoms with Gasteiger partial charge in [-0.05, 0) is 64.7 Å². The minimum atomic E-state index is 0.345. The third-order valence-corrected chi connectivity index (χ3v) is 4.51. The Balaban J connectivity index is 2.04. The Bertz CT molecular complexity index is 407. The van der Waals surface area contributed by atoms with Gasteiger partial charge in [-0.3, -0.25) is 11.3 Å². The van der Waals surface area contributed by atoms with Gasteiger partial charge in [-0.1, -0.05) is 13.0 Å². The van der Waals surface area contributed by atoms with Crippen molar-refractivity contribution in [2.75, 3.05) is 7.11 Å². The maximum atomic E-state index is 5.69. The highest BCUT2D eigenvalue weighted by Crippen LogP contribution is 2.39. The van der Waals surface area contributed by atoms with Gasteiger partial charge in [0.1, 0.15) is 5.75 Å². The van der Waals surface area contributed by atoms with Gasteiger partial charge < -0.3 is 4.74 Å². The van der Waals surface area contributed by atoms with Crippen LogP contribution in [0.5, 0.6) is 5.75 Å². The molecule has 4 heteroatoms. The SMILES string of the molecule is COc1ccc(CC(NN)C(C)C2CC2)cc1Br. The van der Waals surface area contributed by atoms with E-state index in [1.165, 1.54) is 18.4 Å². The van der Waals surface area contributed by atoms with Gasteiger partial charge >= 0.3 is 0 Å². The number of hydrogen-bond acceptors (Lipinski definition) is 3. The van der Waals surface area contributed by atoms with Crippen LogP contribution in [-0.2, 0) is 6.42 Å². The molecule has 1 aliphatic rings. The van der Waals surface area contributed by atoms with Crippen LogP contribution in [0.1, 0.15) is 25.3 Å². The van der Waals surface area contributed by atoms with E-state index in [9.17, 15) is 0 Å². The minimum absolute atomic E-state index is 0.345. The van der Waals surface area contributed by atoms with Gasteiger partial charge in [0.05, 0.1) is 11.6 Å². The molecule has 3 nitrogen and oxygen atoms in total. The molecule has 0 aromatic heterocycles. The fourth-order valence-corrected chi connectivity index (χ4v) is 3.03. The summed E-state index contributed by atoms with van der Waals surface area (Å²) in [5, 5.41) is 0. The van der Waals surface area contributed by atoms with E-state index in [-0.39, 0.29) is 0 Å². The number of nitrogens with one attached hydrogen (secondary N) is 1. The summed E-state index contributed by atoms with van der Waals surface area (Å²) in [6.07, 6.45) is 3.66. The van der Waals surface area contributed by atoms with E-state index in [1.807, 2.05) is 6.07 Å². The van der Waals surface area contributed by atoms with Gasteiger partial charge in [0.25, 0.3) is 0 Å². The van der Waals surface area contributed by atoms with Gasteiger partial charge in [0, 0.05) is 6.04 Å². The van der Waals surface area contributed by atoms with Crippen LogP contribution in [0.2, 0.25) is 0 Å². The molecule has 2 unspecified atom stereocenters. The number of halogens is 1. The molecule has 1 aromatic carbocycles. The fourth-order valence-electron chi connectivity index (χ4n) is 2.44. The fraction of sp³-hybridized carbons (Fsp3) is 0.571. The molecule has 0 heterocycles. The Kier molecular flexibility index (Phi) is 4.65. The first-order chi connectivity index (χ1) is 8.65. The summed E-state index contributed by atoms with van der Waals surface area (Å²) in [5.74, 6) is 8.05. The van der Waals surface area contributed by atoms with Gasteiger partial charge in [0.2, 0.25) is 0 Å². The van der Waals surface area contributed by atoms with Gasteiger partial charge in [0.15, 0.2) is 0 Å². The van der Waals surface area contributed by atoms with E-state index >= 15 is 0 Å². The Labute approximate surface area is 117 Å².